The fourth-order valence-electron chi connectivity index (χ4n) is 2.43. The maximum atomic E-state index is 4.41. The summed E-state index contributed by atoms with van der Waals surface area (Å²) in [5.41, 5.74) is 2.91. The maximum absolute atomic E-state index is 4.41. The summed E-state index contributed by atoms with van der Waals surface area (Å²) in [5.74, 6) is 2.24. The molecule has 0 aliphatic carbocycles. The van der Waals surface area contributed by atoms with Crippen LogP contribution in [-0.4, -0.2) is 43.0 Å². The van der Waals surface area contributed by atoms with Crippen LogP contribution in [0.25, 0.3) is 0 Å². The van der Waals surface area contributed by atoms with Crippen LogP contribution in [0.15, 0.2) is 29.3 Å². The lowest BCUT2D eigenvalue weighted by atomic mass is 10.0. The van der Waals surface area contributed by atoms with Gasteiger partial charge >= 0.3 is 0 Å². The first kappa shape index (κ1) is 14.3. The monoisotopic (exact) mass is 277 g/mol. The van der Waals surface area contributed by atoms with E-state index in [0.29, 0.717) is 0 Å². The van der Waals surface area contributed by atoms with E-state index in [2.05, 4.69) is 45.7 Å². The van der Waals surface area contributed by atoms with Gasteiger partial charge in [0.2, 0.25) is 0 Å². The number of hydrogen-bond acceptors (Lipinski definition) is 2. The average molecular weight is 277 g/mol. The molecule has 4 heteroatoms. The summed E-state index contributed by atoms with van der Waals surface area (Å²) in [5, 5.41) is 3.47. The van der Waals surface area contributed by atoms with Crippen LogP contribution in [0.5, 0.6) is 0 Å². The molecule has 104 valence electrons. The lowest BCUT2D eigenvalue weighted by Crippen LogP contribution is -2.44. The Kier molecular flexibility index (Phi) is 5.58. The van der Waals surface area contributed by atoms with Crippen molar-refractivity contribution in [3.05, 3.63) is 35.4 Å². The van der Waals surface area contributed by atoms with E-state index < -0.39 is 0 Å². The molecule has 0 bridgehead atoms. The molecule has 3 nitrogen and oxygen atoms in total. The van der Waals surface area contributed by atoms with Gasteiger partial charge in [0.1, 0.15) is 0 Å². The molecule has 0 radical (unpaired) electrons. The number of benzene rings is 1. The number of aliphatic imine (C=N–C) groups is 1. The topological polar surface area (TPSA) is 27.6 Å². The molecule has 1 N–H and O–H groups in total. The van der Waals surface area contributed by atoms with E-state index in [1.165, 1.54) is 23.3 Å². The molecule has 1 aromatic carbocycles. The first-order valence-electron chi connectivity index (χ1n) is 6.86. The van der Waals surface area contributed by atoms with Crippen LogP contribution in [-0.2, 0) is 13.0 Å². The molecular weight excluding hydrogens is 254 g/mol. The number of nitrogens with one attached hydrogen (secondary N) is 1. The van der Waals surface area contributed by atoms with Gasteiger partial charge < -0.3 is 10.2 Å². The molecule has 0 saturated carbocycles. The Labute approximate surface area is 120 Å². The lowest BCUT2D eigenvalue weighted by Gasteiger charge is -2.31. The van der Waals surface area contributed by atoms with Crippen molar-refractivity contribution >= 4 is 17.7 Å². The summed E-state index contributed by atoms with van der Waals surface area (Å²) in [7, 11) is 1.87. The minimum atomic E-state index is 0.971. The summed E-state index contributed by atoms with van der Waals surface area (Å²) in [4.78, 5) is 6.76. The fourth-order valence-corrected chi connectivity index (χ4v) is 2.86. The zero-order valence-electron chi connectivity index (χ0n) is 11.9. The third kappa shape index (κ3) is 3.90. The van der Waals surface area contributed by atoms with Crippen molar-refractivity contribution in [2.45, 2.75) is 19.4 Å². The number of nitrogens with zero attached hydrogens (tertiary/aromatic N) is 2. The van der Waals surface area contributed by atoms with E-state index in [0.717, 1.165) is 32.0 Å². The van der Waals surface area contributed by atoms with Gasteiger partial charge in [0.15, 0.2) is 5.96 Å². The average Bonchev–Trinajstić information content (AvgIpc) is 2.47. The van der Waals surface area contributed by atoms with Gasteiger partial charge in [-0.1, -0.05) is 24.3 Å². The molecular formula is C15H23N3S. The minimum Gasteiger partial charge on any atom is -0.356 e. The fraction of sp³-hybridized carbons (Fsp3) is 0.533. The van der Waals surface area contributed by atoms with Gasteiger partial charge in [-0.2, -0.15) is 11.8 Å². The molecule has 0 amide bonds. The van der Waals surface area contributed by atoms with E-state index in [-0.39, 0.29) is 0 Å². The van der Waals surface area contributed by atoms with Crippen molar-refractivity contribution in [3.63, 3.8) is 0 Å². The van der Waals surface area contributed by atoms with Crippen molar-refractivity contribution in [2.24, 2.45) is 4.99 Å². The second-order valence-electron chi connectivity index (χ2n) is 4.76. The van der Waals surface area contributed by atoms with Crippen LogP contribution in [0.1, 0.15) is 17.5 Å². The summed E-state index contributed by atoms with van der Waals surface area (Å²) in [6.07, 6.45) is 4.45. The van der Waals surface area contributed by atoms with Crippen LogP contribution in [0.2, 0.25) is 0 Å². The number of fused-ring (bicyclic) bond motifs is 1. The highest BCUT2D eigenvalue weighted by Gasteiger charge is 2.18. The van der Waals surface area contributed by atoms with Gasteiger partial charge in [0, 0.05) is 26.7 Å². The van der Waals surface area contributed by atoms with Crippen LogP contribution in [0.3, 0.4) is 0 Å². The van der Waals surface area contributed by atoms with Crippen LogP contribution >= 0.6 is 11.8 Å². The Morgan fingerprint density at radius 2 is 2.16 bits per heavy atom. The zero-order valence-corrected chi connectivity index (χ0v) is 12.7. The van der Waals surface area contributed by atoms with Gasteiger partial charge in [-0.05, 0) is 36.0 Å². The molecule has 19 heavy (non-hydrogen) atoms. The zero-order chi connectivity index (χ0) is 13.5. The van der Waals surface area contributed by atoms with Crippen molar-refractivity contribution < 1.29 is 0 Å². The molecule has 0 fully saturated rings. The first-order chi connectivity index (χ1) is 9.35. The third-order valence-corrected chi connectivity index (χ3v) is 4.15. The third-order valence-electron chi connectivity index (χ3n) is 3.45. The Hall–Kier alpha value is -1.16. The van der Waals surface area contributed by atoms with Crippen LogP contribution < -0.4 is 5.32 Å². The maximum Gasteiger partial charge on any atom is 0.193 e. The second-order valence-corrected chi connectivity index (χ2v) is 5.75. The smallest absolute Gasteiger partial charge is 0.193 e. The molecule has 1 heterocycles. The van der Waals surface area contributed by atoms with E-state index in [9.17, 15) is 0 Å². The molecule has 1 aliphatic rings. The Bertz CT molecular complexity index is 431. The quantitative estimate of drug-likeness (QED) is 0.520. The standard InChI is InChI=1S/C15H23N3S/c1-16-15(17-9-5-11-19-2)18-10-8-13-6-3-4-7-14(13)12-18/h3-4,6-7H,5,8-12H2,1-2H3,(H,16,17). The first-order valence-corrected chi connectivity index (χ1v) is 8.26. The van der Waals surface area contributed by atoms with E-state index in [4.69, 9.17) is 0 Å². The highest BCUT2D eigenvalue weighted by atomic mass is 32.2. The number of guanidine groups is 1. The summed E-state index contributed by atoms with van der Waals surface area (Å²) in [6.45, 7) is 3.03. The number of rotatable bonds is 4. The minimum absolute atomic E-state index is 0.971. The van der Waals surface area contributed by atoms with E-state index >= 15 is 0 Å². The molecule has 0 unspecified atom stereocenters. The molecule has 1 aromatic rings. The molecule has 0 aromatic heterocycles. The molecule has 2 rings (SSSR count). The largest absolute Gasteiger partial charge is 0.356 e. The highest BCUT2D eigenvalue weighted by Crippen LogP contribution is 2.18. The van der Waals surface area contributed by atoms with E-state index in [1.54, 1.807) is 0 Å². The van der Waals surface area contributed by atoms with Crippen molar-refractivity contribution in [2.75, 3.05) is 32.1 Å². The van der Waals surface area contributed by atoms with Crippen LogP contribution in [0, 0.1) is 0 Å². The normalized spacial score (nSPS) is 15.3. The van der Waals surface area contributed by atoms with Gasteiger partial charge in [-0.25, -0.2) is 0 Å². The molecule has 1 aliphatic heterocycles. The molecule has 0 atom stereocenters. The Balaban J connectivity index is 1.91. The highest BCUT2D eigenvalue weighted by molar-refractivity contribution is 7.98. The summed E-state index contributed by atoms with van der Waals surface area (Å²) < 4.78 is 0. The number of hydrogen-bond donors (Lipinski definition) is 1. The SMILES string of the molecule is CN=C(NCCCSC)N1CCc2ccccc2C1. The van der Waals surface area contributed by atoms with E-state index in [1.807, 2.05) is 18.8 Å². The molecule has 0 saturated heterocycles. The number of thioether (sulfide) groups is 1. The van der Waals surface area contributed by atoms with Crippen molar-refractivity contribution in [1.29, 1.82) is 0 Å². The van der Waals surface area contributed by atoms with Gasteiger partial charge in [-0.3, -0.25) is 4.99 Å². The van der Waals surface area contributed by atoms with Crippen LogP contribution in [0.4, 0.5) is 0 Å². The molecule has 0 spiro atoms. The van der Waals surface area contributed by atoms with Crippen molar-refractivity contribution in [3.8, 4) is 0 Å². The Morgan fingerprint density at radius 3 is 2.89 bits per heavy atom. The van der Waals surface area contributed by atoms with Gasteiger partial charge in [-0.15, -0.1) is 0 Å². The Morgan fingerprint density at radius 1 is 1.37 bits per heavy atom. The predicted octanol–water partition coefficient (Wildman–Crippen LogP) is 2.37. The summed E-state index contributed by atoms with van der Waals surface area (Å²) in [6, 6.07) is 8.71. The predicted molar refractivity (Wildman–Crippen MR) is 84.9 cm³/mol. The van der Waals surface area contributed by atoms with Gasteiger partial charge in [0.25, 0.3) is 0 Å². The van der Waals surface area contributed by atoms with Gasteiger partial charge in [0.05, 0.1) is 0 Å². The summed E-state index contributed by atoms with van der Waals surface area (Å²) >= 11 is 1.89. The lowest BCUT2D eigenvalue weighted by molar-refractivity contribution is 0.379. The second kappa shape index (κ2) is 7.43. The van der Waals surface area contributed by atoms with Crippen molar-refractivity contribution in [1.82, 2.24) is 10.2 Å².